The molecule has 1 aromatic carbocycles. The van der Waals surface area contributed by atoms with E-state index < -0.39 is 0 Å². The van der Waals surface area contributed by atoms with Gasteiger partial charge in [0.1, 0.15) is 17.8 Å². The number of fused-ring (bicyclic) bond motifs is 1. The predicted molar refractivity (Wildman–Crippen MR) is 98.8 cm³/mol. The molecule has 0 aliphatic heterocycles. The first-order chi connectivity index (χ1) is 12.1. The van der Waals surface area contributed by atoms with Gasteiger partial charge in [0.2, 0.25) is 0 Å². The number of ether oxygens (including phenoxy) is 1. The third-order valence-electron chi connectivity index (χ3n) is 3.37. The van der Waals surface area contributed by atoms with Gasteiger partial charge in [0.15, 0.2) is 6.29 Å². The normalized spacial score (nSPS) is 10.0. The Bertz CT molecular complexity index is 873. The van der Waals surface area contributed by atoms with Gasteiger partial charge in [0, 0.05) is 36.9 Å². The molecule has 25 heavy (non-hydrogen) atoms. The fraction of sp³-hybridized carbons (Fsp3) is 0.176. The van der Waals surface area contributed by atoms with Gasteiger partial charge in [-0.05, 0) is 31.2 Å². The molecule has 0 aliphatic rings. The van der Waals surface area contributed by atoms with E-state index in [9.17, 15) is 4.79 Å². The molecule has 0 saturated carbocycles. The molecule has 2 aromatic heterocycles. The Hall–Kier alpha value is -3.26. The molecule has 2 heterocycles. The van der Waals surface area contributed by atoms with Crippen LogP contribution >= 0.6 is 0 Å². The van der Waals surface area contributed by atoms with Crippen molar-refractivity contribution in [1.82, 2.24) is 15.0 Å². The van der Waals surface area contributed by atoms with Gasteiger partial charge in [-0.25, -0.2) is 9.97 Å². The molecule has 0 unspecified atom stereocenters. The summed E-state index contributed by atoms with van der Waals surface area (Å²) < 4.78 is 4.54. The number of methoxy groups -OCH3 is 1. The first-order valence-electron chi connectivity index (χ1n) is 7.57. The Morgan fingerprint density at radius 1 is 1.36 bits per heavy atom. The average molecular weight is 340 g/mol. The minimum absolute atomic E-state index is 0.436. The SMILES string of the molecule is CCOC.N=Cc1cc(Nc2ncnc3[nH]c(C=O)cc23)ccc1N. The molecule has 8 heteroatoms. The molecule has 3 aromatic rings. The van der Waals surface area contributed by atoms with E-state index in [4.69, 9.17) is 11.1 Å². The van der Waals surface area contributed by atoms with Crippen molar-refractivity contribution in [1.29, 1.82) is 5.41 Å². The number of aromatic amines is 1. The van der Waals surface area contributed by atoms with Gasteiger partial charge in [0.25, 0.3) is 0 Å². The molecule has 0 fully saturated rings. The third-order valence-corrected chi connectivity index (χ3v) is 3.37. The summed E-state index contributed by atoms with van der Waals surface area (Å²) in [6.07, 6.45) is 3.32. The maximum Gasteiger partial charge on any atom is 0.166 e. The molecular weight excluding hydrogens is 320 g/mol. The number of nitrogens with one attached hydrogen (secondary N) is 3. The highest BCUT2D eigenvalue weighted by atomic mass is 16.5. The molecule has 8 nitrogen and oxygen atoms in total. The Labute approximate surface area is 144 Å². The Balaban J connectivity index is 0.000000511. The van der Waals surface area contributed by atoms with Crippen molar-refractivity contribution in [3.05, 3.63) is 41.9 Å². The first-order valence-corrected chi connectivity index (χ1v) is 7.57. The van der Waals surface area contributed by atoms with Gasteiger partial charge in [-0.15, -0.1) is 0 Å². The largest absolute Gasteiger partial charge is 0.398 e. The van der Waals surface area contributed by atoms with Crippen LogP contribution in [0, 0.1) is 5.41 Å². The molecule has 5 N–H and O–H groups in total. The Kier molecular flexibility index (Phi) is 6.19. The molecule has 3 rings (SSSR count). The summed E-state index contributed by atoms with van der Waals surface area (Å²) in [5.74, 6) is 0.574. The van der Waals surface area contributed by atoms with Crippen molar-refractivity contribution >= 4 is 40.7 Å². The number of anilines is 3. The first kappa shape index (κ1) is 18.1. The number of nitrogens with two attached hydrogens (primary N) is 1. The number of nitrogens with zero attached hydrogens (tertiary/aromatic N) is 2. The average Bonchev–Trinajstić information content (AvgIpc) is 3.08. The summed E-state index contributed by atoms with van der Waals surface area (Å²) in [4.78, 5) is 22.0. The summed E-state index contributed by atoms with van der Waals surface area (Å²) in [7, 11) is 1.68. The number of carbonyl (C=O) groups is 1. The van der Waals surface area contributed by atoms with E-state index >= 15 is 0 Å². The zero-order valence-electron chi connectivity index (χ0n) is 14.0. The van der Waals surface area contributed by atoms with E-state index in [0.717, 1.165) is 18.6 Å². The number of aromatic nitrogens is 3. The minimum Gasteiger partial charge on any atom is -0.398 e. The van der Waals surface area contributed by atoms with Crippen molar-refractivity contribution in [3.63, 3.8) is 0 Å². The molecular formula is C17H20N6O2. The van der Waals surface area contributed by atoms with Crippen LogP contribution in [0.1, 0.15) is 23.0 Å². The minimum atomic E-state index is 0.436. The van der Waals surface area contributed by atoms with Crippen LogP contribution in [0.25, 0.3) is 11.0 Å². The van der Waals surface area contributed by atoms with Gasteiger partial charge in [-0.2, -0.15) is 0 Å². The molecule has 0 radical (unpaired) electrons. The highest BCUT2D eigenvalue weighted by molar-refractivity contribution is 5.94. The molecule has 0 atom stereocenters. The summed E-state index contributed by atoms with van der Waals surface area (Å²) in [6, 6.07) is 6.95. The maximum atomic E-state index is 10.8. The quantitative estimate of drug-likeness (QED) is 0.321. The van der Waals surface area contributed by atoms with E-state index in [1.165, 1.54) is 12.5 Å². The van der Waals surface area contributed by atoms with Gasteiger partial charge in [-0.3, -0.25) is 4.79 Å². The smallest absolute Gasteiger partial charge is 0.166 e. The van der Waals surface area contributed by atoms with Crippen LogP contribution < -0.4 is 11.1 Å². The van der Waals surface area contributed by atoms with Gasteiger partial charge >= 0.3 is 0 Å². The monoisotopic (exact) mass is 340 g/mol. The second-order valence-electron chi connectivity index (χ2n) is 5.02. The van der Waals surface area contributed by atoms with Gasteiger partial charge in [0.05, 0.1) is 11.1 Å². The number of benzene rings is 1. The Morgan fingerprint density at radius 3 is 2.76 bits per heavy atom. The number of hydrogen-bond donors (Lipinski definition) is 4. The summed E-state index contributed by atoms with van der Waals surface area (Å²) in [6.45, 7) is 2.78. The lowest BCUT2D eigenvalue weighted by molar-refractivity contribution is 0.111. The number of rotatable bonds is 5. The standard InChI is InChI=1S/C14H12N6O.C3H8O/c15-5-8-3-9(1-2-12(8)16)19-13-11-4-10(6-21)20-14(11)18-7-17-13;1-3-4-2/h1-7,15H,16H2,(H2,17,18,19,20);3H2,1-2H3. The van der Waals surface area contributed by atoms with E-state index in [1.807, 2.05) is 6.92 Å². The summed E-state index contributed by atoms with van der Waals surface area (Å²) in [5.41, 5.74) is 8.67. The fourth-order valence-corrected chi connectivity index (χ4v) is 2.04. The third kappa shape index (κ3) is 4.39. The molecule has 0 spiro atoms. The van der Waals surface area contributed by atoms with Gasteiger partial charge in [-0.1, -0.05) is 0 Å². The number of nitrogen functional groups attached to an aromatic ring is 1. The fourth-order valence-electron chi connectivity index (χ4n) is 2.04. The van der Waals surface area contributed by atoms with Crippen LogP contribution in [0.2, 0.25) is 0 Å². The van der Waals surface area contributed by atoms with Crippen LogP contribution in [0.4, 0.5) is 17.2 Å². The van der Waals surface area contributed by atoms with E-state index in [2.05, 4.69) is 25.0 Å². The van der Waals surface area contributed by atoms with Crippen molar-refractivity contribution < 1.29 is 9.53 Å². The van der Waals surface area contributed by atoms with Crippen LogP contribution in [0.15, 0.2) is 30.6 Å². The van der Waals surface area contributed by atoms with Crippen molar-refractivity contribution in [3.8, 4) is 0 Å². The molecule has 130 valence electrons. The second kappa shape index (κ2) is 8.55. The van der Waals surface area contributed by atoms with E-state index in [0.29, 0.717) is 33.8 Å². The summed E-state index contributed by atoms with van der Waals surface area (Å²) in [5, 5.41) is 11.2. The second-order valence-corrected chi connectivity index (χ2v) is 5.02. The number of hydrogen-bond acceptors (Lipinski definition) is 7. The molecule has 0 saturated heterocycles. The lowest BCUT2D eigenvalue weighted by Crippen LogP contribution is -1.98. The molecule has 0 amide bonds. The summed E-state index contributed by atoms with van der Waals surface area (Å²) >= 11 is 0. The molecule has 0 aliphatic carbocycles. The maximum absolute atomic E-state index is 10.8. The van der Waals surface area contributed by atoms with Crippen molar-refractivity contribution in [2.45, 2.75) is 6.92 Å². The van der Waals surface area contributed by atoms with Crippen LogP contribution in [0.3, 0.4) is 0 Å². The Morgan fingerprint density at radius 2 is 2.12 bits per heavy atom. The van der Waals surface area contributed by atoms with Crippen LogP contribution in [-0.4, -0.2) is 41.2 Å². The van der Waals surface area contributed by atoms with Crippen molar-refractivity contribution in [2.75, 3.05) is 24.8 Å². The zero-order valence-corrected chi connectivity index (χ0v) is 14.0. The van der Waals surface area contributed by atoms with E-state index in [-0.39, 0.29) is 0 Å². The van der Waals surface area contributed by atoms with Gasteiger partial charge < -0.3 is 26.2 Å². The lowest BCUT2D eigenvalue weighted by Gasteiger charge is -2.08. The highest BCUT2D eigenvalue weighted by Gasteiger charge is 2.08. The zero-order chi connectivity index (χ0) is 18.2. The number of carbonyl (C=O) groups excluding carboxylic acids is 1. The van der Waals surface area contributed by atoms with E-state index in [1.54, 1.807) is 31.4 Å². The van der Waals surface area contributed by atoms with Crippen LogP contribution in [0.5, 0.6) is 0 Å². The lowest BCUT2D eigenvalue weighted by atomic mass is 10.1. The molecule has 0 bridgehead atoms. The van der Waals surface area contributed by atoms with Crippen LogP contribution in [-0.2, 0) is 4.74 Å². The van der Waals surface area contributed by atoms with Crippen molar-refractivity contribution in [2.24, 2.45) is 0 Å². The number of aldehydes is 1. The number of H-pyrrole nitrogens is 1. The predicted octanol–water partition coefficient (Wildman–Crippen LogP) is 2.75. The topological polar surface area (TPSA) is 130 Å². The highest BCUT2D eigenvalue weighted by Crippen LogP contribution is 2.25.